The van der Waals surface area contributed by atoms with Crippen LogP contribution in [0.3, 0.4) is 0 Å². The lowest BCUT2D eigenvalue weighted by atomic mass is 10.1. The van der Waals surface area contributed by atoms with Gasteiger partial charge >= 0.3 is 0 Å². The van der Waals surface area contributed by atoms with Crippen LogP contribution < -0.4 is 5.32 Å². The van der Waals surface area contributed by atoms with Gasteiger partial charge in [0.25, 0.3) is 5.91 Å². The Balaban J connectivity index is 1.73. The first-order valence-electron chi connectivity index (χ1n) is 9.58. The van der Waals surface area contributed by atoms with Crippen LogP contribution in [-0.4, -0.2) is 27.5 Å². The molecule has 1 unspecified atom stereocenters. The molecule has 1 amide bonds. The number of thioether (sulfide) groups is 1. The first kappa shape index (κ1) is 19.7. The van der Waals surface area contributed by atoms with Gasteiger partial charge in [-0.1, -0.05) is 48.5 Å². The molecule has 148 valence electrons. The molecule has 0 saturated carbocycles. The molecule has 0 radical (unpaired) electrons. The van der Waals surface area contributed by atoms with Gasteiger partial charge in [-0.05, 0) is 47.6 Å². The highest BCUT2D eigenvalue weighted by molar-refractivity contribution is 7.98. The molecule has 29 heavy (non-hydrogen) atoms. The number of nitrogens with zero attached hydrogens (tertiary/aromatic N) is 2. The number of benzene rings is 2. The second kappa shape index (κ2) is 9.29. The number of carbonyl (C=O) groups excluding carboxylic acids is 1. The Morgan fingerprint density at radius 2 is 1.90 bits per heavy atom. The molecule has 4 aromatic rings. The predicted molar refractivity (Wildman–Crippen MR) is 123 cm³/mol. The molecule has 0 bridgehead atoms. The number of carbonyl (C=O) groups is 1. The summed E-state index contributed by atoms with van der Waals surface area (Å²) in [6.07, 6.45) is 2.92. The molecule has 0 aliphatic carbocycles. The van der Waals surface area contributed by atoms with Gasteiger partial charge in [-0.2, -0.15) is 11.8 Å². The molecular formula is C23H23N3OS2. The second-order valence-corrected chi connectivity index (χ2v) is 8.75. The minimum Gasteiger partial charge on any atom is -0.341 e. The van der Waals surface area contributed by atoms with Crippen molar-refractivity contribution in [1.82, 2.24) is 14.9 Å². The summed E-state index contributed by atoms with van der Waals surface area (Å²) in [4.78, 5) is 18.5. The van der Waals surface area contributed by atoms with Crippen molar-refractivity contribution in [3.63, 3.8) is 0 Å². The van der Waals surface area contributed by atoms with Gasteiger partial charge in [-0.3, -0.25) is 4.79 Å². The highest BCUT2D eigenvalue weighted by Crippen LogP contribution is 2.26. The number of fused-ring (bicyclic) bond motifs is 1. The largest absolute Gasteiger partial charge is 0.341 e. The summed E-state index contributed by atoms with van der Waals surface area (Å²) in [6, 6.07) is 22.2. The van der Waals surface area contributed by atoms with E-state index in [4.69, 9.17) is 4.98 Å². The van der Waals surface area contributed by atoms with Crippen molar-refractivity contribution in [2.75, 3.05) is 12.0 Å². The molecule has 2 aromatic carbocycles. The van der Waals surface area contributed by atoms with E-state index in [1.54, 1.807) is 11.8 Å². The van der Waals surface area contributed by atoms with Crippen LogP contribution in [0.1, 0.15) is 33.5 Å². The zero-order valence-corrected chi connectivity index (χ0v) is 17.9. The minimum absolute atomic E-state index is 0.0376. The van der Waals surface area contributed by atoms with Crippen molar-refractivity contribution in [3.05, 3.63) is 88.4 Å². The molecule has 0 aliphatic rings. The first-order chi connectivity index (χ1) is 14.3. The number of rotatable bonds is 8. The molecular weight excluding hydrogens is 398 g/mol. The van der Waals surface area contributed by atoms with Crippen molar-refractivity contribution >= 4 is 40.0 Å². The number of thiophene rings is 1. The van der Waals surface area contributed by atoms with Crippen LogP contribution in [0.5, 0.6) is 0 Å². The van der Waals surface area contributed by atoms with Gasteiger partial charge in [0, 0.05) is 6.54 Å². The van der Waals surface area contributed by atoms with E-state index < -0.39 is 0 Å². The molecule has 0 spiro atoms. The standard InChI is InChI=1S/C23H23N3OS2/c1-28-15-13-19(25-23(27)21-12-7-14-29-21)22-24-18-10-5-6-11-20(18)26(22)16-17-8-3-2-4-9-17/h2-12,14,19H,13,15-16H2,1H3,(H,25,27). The monoisotopic (exact) mass is 421 g/mol. The van der Waals surface area contributed by atoms with E-state index in [2.05, 4.69) is 46.5 Å². The number of nitrogens with one attached hydrogen (secondary N) is 1. The Bertz CT molecular complexity index is 1070. The molecule has 0 aliphatic heterocycles. The summed E-state index contributed by atoms with van der Waals surface area (Å²) in [7, 11) is 0. The lowest BCUT2D eigenvalue weighted by Crippen LogP contribution is -2.30. The number of imidazole rings is 1. The topological polar surface area (TPSA) is 46.9 Å². The zero-order chi connectivity index (χ0) is 20.1. The number of para-hydroxylation sites is 2. The highest BCUT2D eigenvalue weighted by Gasteiger charge is 2.23. The lowest BCUT2D eigenvalue weighted by molar-refractivity contribution is 0.0937. The fraction of sp³-hybridized carbons (Fsp3) is 0.217. The maximum absolute atomic E-state index is 12.8. The Kier molecular flexibility index (Phi) is 6.32. The SMILES string of the molecule is CSCCC(NC(=O)c1cccs1)c1nc2ccccc2n1Cc1ccccc1. The van der Waals surface area contributed by atoms with Crippen LogP contribution in [0.4, 0.5) is 0 Å². The predicted octanol–water partition coefficient (Wildman–Crippen LogP) is 5.37. The minimum atomic E-state index is -0.145. The summed E-state index contributed by atoms with van der Waals surface area (Å²) in [5.41, 5.74) is 3.26. The molecule has 1 N–H and O–H groups in total. The van der Waals surface area contributed by atoms with Crippen molar-refractivity contribution in [2.24, 2.45) is 0 Å². The number of amides is 1. The van der Waals surface area contributed by atoms with Crippen molar-refractivity contribution in [3.8, 4) is 0 Å². The normalized spacial score (nSPS) is 12.2. The van der Waals surface area contributed by atoms with Crippen molar-refractivity contribution in [1.29, 1.82) is 0 Å². The summed E-state index contributed by atoms with van der Waals surface area (Å²) in [5.74, 6) is 1.82. The van der Waals surface area contributed by atoms with Crippen molar-refractivity contribution < 1.29 is 4.79 Å². The van der Waals surface area contributed by atoms with E-state index in [1.807, 2.05) is 41.8 Å². The highest BCUT2D eigenvalue weighted by atomic mass is 32.2. The number of hydrogen-bond acceptors (Lipinski definition) is 4. The summed E-state index contributed by atoms with van der Waals surface area (Å²) in [6.45, 7) is 0.724. The summed E-state index contributed by atoms with van der Waals surface area (Å²) in [5, 5.41) is 5.16. The summed E-state index contributed by atoms with van der Waals surface area (Å²) < 4.78 is 2.24. The lowest BCUT2D eigenvalue weighted by Gasteiger charge is -2.20. The van der Waals surface area contributed by atoms with Crippen LogP contribution in [0.15, 0.2) is 72.1 Å². The second-order valence-electron chi connectivity index (χ2n) is 6.82. The van der Waals surface area contributed by atoms with Gasteiger partial charge in [0.2, 0.25) is 0 Å². The smallest absolute Gasteiger partial charge is 0.261 e. The van der Waals surface area contributed by atoms with E-state index in [0.29, 0.717) is 0 Å². The molecule has 1 atom stereocenters. The Morgan fingerprint density at radius 1 is 1.10 bits per heavy atom. The van der Waals surface area contributed by atoms with E-state index in [-0.39, 0.29) is 11.9 Å². The van der Waals surface area contributed by atoms with Crippen LogP contribution >= 0.6 is 23.1 Å². The third kappa shape index (κ3) is 4.54. The van der Waals surface area contributed by atoms with E-state index in [1.165, 1.54) is 16.9 Å². The third-order valence-corrected chi connectivity index (χ3v) is 6.35. The van der Waals surface area contributed by atoms with Gasteiger partial charge in [-0.15, -0.1) is 11.3 Å². The average Bonchev–Trinajstić information content (AvgIpc) is 3.41. The fourth-order valence-electron chi connectivity index (χ4n) is 3.43. The summed E-state index contributed by atoms with van der Waals surface area (Å²) >= 11 is 3.24. The van der Waals surface area contributed by atoms with Crippen LogP contribution in [0.25, 0.3) is 11.0 Å². The van der Waals surface area contributed by atoms with E-state index in [9.17, 15) is 4.79 Å². The third-order valence-electron chi connectivity index (χ3n) is 4.84. The van der Waals surface area contributed by atoms with Crippen LogP contribution in [0.2, 0.25) is 0 Å². The van der Waals surface area contributed by atoms with Gasteiger partial charge in [0.05, 0.1) is 22.0 Å². The maximum atomic E-state index is 12.8. The Hall–Kier alpha value is -2.57. The Labute approximate surface area is 179 Å². The Morgan fingerprint density at radius 3 is 2.66 bits per heavy atom. The van der Waals surface area contributed by atoms with Gasteiger partial charge < -0.3 is 9.88 Å². The molecule has 2 aromatic heterocycles. The van der Waals surface area contributed by atoms with Crippen LogP contribution in [0, 0.1) is 0 Å². The maximum Gasteiger partial charge on any atom is 0.261 e. The molecule has 2 heterocycles. The average molecular weight is 422 g/mol. The van der Waals surface area contributed by atoms with E-state index >= 15 is 0 Å². The first-order valence-corrected chi connectivity index (χ1v) is 11.9. The van der Waals surface area contributed by atoms with Crippen LogP contribution in [-0.2, 0) is 6.54 Å². The molecule has 4 rings (SSSR count). The van der Waals surface area contributed by atoms with Crippen molar-refractivity contribution in [2.45, 2.75) is 19.0 Å². The number of aromatic nitrogens is 2. The quantitative estimate of drug-likeness (QED) is 0.416. The molecule has 0 fully saturated rings. The van der Waals surface area contributed by atoms with E-state index in [0.717, 1.165) is 40.5 Å². The van der Waals surface area contributed by atoms with Gasteiger partial charge in [0.1, 0.15) is 5.82 Å². The number of hydrogen-bond donors (Lipinski definition) is 1. The molecule has 0 saturated heterocycles. The molecule has 4 nitrogen and oxygen atoms in total. The van der Waals surface area contributed by atoms with Gasteiger partial charge in [0.15, 0.2) is 0 Å². The van der Waals surface area contributed by atoms with Gasteiger partial charge in [-0.25, -0.2) is 4.98 Å². The fourth-order valence-corrected chi connectivity index (χ4v) is 4.53. The molecule has 6 heteroatoms. The zero-order valence-electron chi connectivity index (χ0n) is 16.2.